The molecule has 0 radical (unpaired) electrons. The number of carbonyl (C=O) groups is 1. The molecule has 3 N–H and O–H groups in total. The lowest BCUT2D eigenvalue weighted by atomic mass is 9.95. The van der Waals surface area contributed by atoms with Gasteiger partial charge < -0.3 is 20.3 Å². The highest BCUT2D eigenvalue weighted by molar-refractivity contribution is 5.96. The van der Waals surface area contributed by atoms with Gasteiger partial charge in [0.15, 0.2) is 0 Å². The van der Waals surface area contributed by atoms with Gasteiger partial charge in [-0.3, -0.25) is 9.89 Å². The van der Waals surface area contributed by atoms with Crippen molar-refractivity contribution in [2.75, 3.05) is 32.6 Å². The average Bonchev–Trinajstić information content (AvgIpc) is 3.29. The van der Waals surface area contributed by atoms with Crippen LogP contribution >= 0.6 is 0 Å². The van der Waals surface area contributed by atoms with Crippen LogP contribution in [-0.2, 0) is 17.8 Å². The first-order valence-corrected chi connectivity index (χ1v) is 10.2. The standard InChI is InChI=1S/C23H26FN5O2/c1-29(2)7-8-31-22-11-15(18-13-26-27-14-18)4-6-20(22)28-23(30)21-10-17-9-19(24)5-3-16(17)12-25-21/h3-6,9,11,13-14,21,25H,7-8,10,12H2,1-2H3,(H,26,27)(H,28,30). The van der Waals surface area contributed by atoms with Crippen LogP contribution in [0.4, 0.5) is 10.1 Å². The molecule has 0 aliphatic carbocycles. The molecule has 0 saturated carbocycles. The summed E-state index contributed by atoms with van der Waals surface area (Å²) >= 11 is 0. The van der Waals surface area contributed by atoms with Crippen LogP contribution in [0.2, 0.25) is 0 Å². The number of likely N-dealkylation sites (N-methyl/N-ethyl adjacent to an activating group) is 1. The summed E-state index contributed by atoms with van der Waals surface area (Å²) in [5, 5.41) is 13.0. The third-order valence-electron chi connectivity index (χ3n) is 5.31. The van der Waals surface area contributed by atoms with E-state index in [1.807, 2.05) is 37.2 Å². The molecule has 3 aromatic rings. The normalized spacial score (nSPS) is 15.5. The number of hydrogen-bond acceptors (Lipinski definition) is 5. The minimum Gasteiger partial charge on any atom is -0.490 e. The smallest absolute Gasteiger partial charge is 0.241 e. The summed E-state index contributed by atoms with van der Waals surface area (Å²) in [5.74, 6) is 0.130. The van der Waals surface area contributed by atoms with E-state index in [1.54, 1.807) is 18.5 Å². The van der Waals surface area contributed by atoms with E-state index in [-0.39, 0.29) is 11.7 Å². The fourth-order valence-corrected chi connectivity index (χ4v) is 3.56. The van der Waals surface area contributed by atoms with Crippen LogP contribution in [0.3, 0.4) is 0 Å². The Kier molecular flexibility index (Phi) is 6.29. The maximum atomic E-state index is 13.6. The number of carbonyl (C=O) groups excluding carboxylic acids is 1. The highest BCUT2D eigenvalue weighted by atomic mass is 19.1. The van der Waals surface area contributed by atoms with Gasteiger partial charge in [-0.05, 0) is 61.5 Å². The van der Waals surface area contributed by atoms with Crippen molar-refractivity contribution >= 4 is 11.6 Å². The quantitative estimate of drug-likeness (QED) is 0.544. The Morgan fingerprint density at radius 2 is 2.10 bits per heavy atom. The maximum Gasteiger partial charge on any atom is 0.241 e. The van der Waals surface area contributed by atoms with Crippen molar-refractivity contribution in [3.05, 3.63) is 65.7 Å². The molecule has 4 rings (SSSR count). The lowest BCUT2D eigenvalue weighted by Crippen LogP contribution is -2.44. The highest BCUT2D eigenvalue weighted by Gasteiger charge is 2.25. The predicted molar refractivity (Wildman–Crippen MR) is 117 cm³/mol. The van der Waals surface area contributed by atoms with Crippen LogP contribution < -0.4 is 15.4 Å². The van der Waals surface area contributed by atoms with Crippen LogP contribution in [0.5, 0.6) is 5.75 Å². The molecule has 1 atom stereocenters. The molecule has 1 amide bonds. The van der Waals surface area contributed by atoms with E-state index < -0.39 is 6.04 Å². The Morgan fingerprint density at radius 1 is 1.23 bits per heavy atom. The van der Waals surface area contributed by atoms with E-state index in [4.69, 9.17) is 4.74 Å². The summed E-state index contributed by atoms with van der Waals surface area (Å²) in [4.78, 5) is 15.0. The third kappa shape index (κ3) is 5.10. The topological polar surface area (TPSA) is 82.3 Å². The molecular weight excluding hydrogens is 397 g/mol. The number of ether oxygens (including phenoxy) is 1. The first kappa shape index (κ1) is 21.0. The number of aromatic amines is 1. The number of nitrogens with zero attached hydrogens (tertiary/aromatic N) is 2. The first-order chi connectivity index (χ1) is 15.0. The monoisotopic (exact) mass is 423 g/mol. The molecule has 0 bridgehead atoms. The van der Waals surface area contributed by atoms with E-state index in [2.05, 4.69) is 20.8 Å². The fraction of sp³-hybridized carbons (Fsp3) is 0.304. The highest BCUT2D eigenvalue weighted by Crippen LogP contribution is 2.31. The van der Waals surface area contributed by atoms with Crippen molar-refractivity contribution in [3.8, 4) is 16.9 Å². The van der Waals surface area contributed by atoms with Gasteiger partial charge in [-0.25, -0.2) is 4.39 Å². The van der Waals surface area contributed by atoms with Crippen LogP contribution in [0.15, 0.2) is 48.8 Å². The van der Waals surface area contributed by atoms with Gasteiger partial charge in [-0.1, -0.05) is 12.1 Å². The second-order valence-electron chi connectivity index (χ2n) is 7.89. The molecule has 0 fully saturated rings. The van der Waals surface area contributed by atoms with Gasteiger partial charge in [0, 0.05) is 24.8 Å². The lowest BCUT2D eigenvalue weighted by Gasteiger charge is -2.26. The van der Waals surface area contributed by atoms with Crippen LogP contribution in [-0.4, -0.2) is 54.3 Å². The second kappa shape index (κ2) is 9.28. The van der Waals surface area contributed by atoms with Crippen molar-refractivity contribution < 1.29 is 13.9 Å². The molecule has 31 heavy (non-hydrogen) atoms. The molecule has 0 saturated heterocycles. The van der Waals surface area contributed by atoms with E-state index in [1.165, 1.54) is 12.1 Å². The molecule has 7 nitrogen and oxygen atoms in total. The first-order valence-electron chi connectivity index (χ1n) is 10.2. The van der Waals surface area contributed by atoms with E-state index in [9.17, 15) is 9.18 Å². The van der Waals surface area contributed by atoms with Gasteiger partial charge in [0.25, 0.3) is 0 Å². The molecule has 8 heteroatoms. The molecule has 2 heterocycles. The van der Waals surface area contributed by atoms with Gasteiger partial charge in [0.05, 0.1) is 17.9 Å². The zero-order valence-electron chi connectivity index (χ0n) is 17.6. The molecule has 0 spiro atoms. The SMILES string of the molecule is CN(C)CCOc1cc(-c2cn[nH]c2)ccc1NC(=O)C1Cc2cc(F)ccc2CN1. The Bertz CT molecular complexity index is 1050. The zero-order chi connectivity index (χ0) is 21.8. The number of H-pyrrole nitrogens is 1. The number of amides is 1. The Morgan fingerprint density at radius 3 is 2.87 bits per heavy atom. The molecular formula is C23H26FN5O2. The molecule has 1 aliphatic rings. The Balaban J connectivity index is 1.51. The van der Waals surface area contributed by atoms with Gasteiger partial charge >= 0.3 is 0 Å². The number of fused-ring (bicyclic) bond motifs is 1. The van der Waals surface area contributed by atoms with E-state index in [0.717, 1.165) is 28.8 Å². The number of benzene rings is 2. The maximum absolute atomic E-state index is 13.6. The van der Waals surface area contributed by atoms with E-state index in [0.29, 0.717) is 31.0 Å². The number of hydrogen-bond donors (Lipinski definition) is 3. The summed E-state index contributed by atoms with van der Waals surface area (Å²) in [7, 11) is 3.95. The van der Waals surface area contributed by atoms with Crippen LogP contribution in [0.1, 0.15) is 11.1 Å². The minimum atomic E-state index is -0.447. The zero-order valence-corrected chi connectivity index (χ0v) is 17.6. The summed E-state index contributed by atoms with van der Waals surface area (Å²) in [5.41, 5.74) is 4.34. The van der Waals surface area contributed by atoms with Gasteiger partial charge in [-0.2, -0.15) is 5.10 Å². The van der Waals surface area contributed by atoms with Crippen molar-refractivity contribution in [2.45, 2.75) is 19.0 Å². The molecule has 162 valence electrons. The third-order valence-corrected chi connectivity index (χ3v) is 5.31. The predicted octanol–water partition coefficient (Wildman–Crippen LogP) is 2.81. The molecule has 2 aromatic carbocycles. The van der Waals surface area contributed by atoms with Crippen molar-refractivity contribution in [2.24, 2.45) is 0 Å². The van der Waals surface area contributed by atoms with Gasteiger partial charge in [-0.15, -0.1) is 0 Å². The van der Waals surface area contributed by atoms with Crippen molar-refractivity contribution in [1.29, 1.82) is 0 Å². The summed E-state index contributed by atoms with van der Waals surface area (Å²) in [6.07, 6.45) is 3.97. The number of nitrogens with one attached hydrogen (secondary N) is 3. The second-order valence-corrected chi connectivity index (χ2v) is 7.89. The fourth-order valence-electron chi connectivity index (χ4n) is 3.56. The van der Waals surface area contributed by atoms with Gasteiger partial charge in [0.2, 0.25) is 5.91 Å². The van der Waals surface area contributed by atoms with Crippen molar-refractivity contribution in [1.82, 2.24) is 20.4 Å². The number of halogens is 1. The van der Waals surface area contributed by atoms with Crippen LogP contribution in [0.25, 0.3) is 11.1 Å². The number of aromatic nitrogens is 2. The summed E-state index contributed by atoms with van der Waals surface area (Å²) < 4.78 is 19.6. The molecule has 1 unspecified atom stereocenters. The molecule has 1 aliphatic heterocycles. The lowest BCUT2D eigenvalue weighted by molar-refractivity contribution is -0.118. The number of rotatable bonds is 7. The Hall–Kier alpha value is -3.23. The van der Waals surface area contributed by atoms with E-state index >= 15 is 0 Å². The van der Waals surface area contributed by atoms with Crippen LogP contribution in [0, 0.1) is 5.82 Å². The average molecular weight is 423 g/mol. The van der Waals surface area contributed by atoms with Gasteiger partial charge in [0.1, 0.15) is 18.2 Å². The largest absolute Gasteiger partial charge is 0.490 e. The summed E-state index contributed by atoms with van der Waals surface area (Å²) in [6, 6.07) is 9.91. The molecule has 1 aromatic heterocycles. The van der Waals surface area contributed by atoms with Crippen molar-refractivity contribution in [3.63, 3.8) is 0 Å². The Labute approximate surface area is 180 Å². The summed E-state index contributed by atoms with van der Waals surface area (Å²) in [6.45, 7) is 1.76. The number of anilines is 1. The minimum absolute atomic E-state index is 0.177.